The second-order valence-corrected chi connectivity index (χ2v) is 8.95. The Labute approximate surface area is 199 Å². The van der Waals surface area contributed by atoms with E-state index in [-0.39, 0.29) is 24.1 Å². The molecule has 1 aliphatic carbocycles. The molecule has 1 atom stereocenters. The predicted octanol–water partition coefficient (Wildman–Crippen LogP) is 3.43. The number of carbonyl (C=O) groups is 2. The fourth-order valence-corrected chi connectivity index (χ4v) is 4.82. The highest BCUT2D eigenvalue weighted by Crippen LogP contribution is 2.36. The molecule has 3 aromatic rings. The van der Waals surface area contributed by atoms with Crippen molar-refractivity contribution in [3.63, 3.8) is 0 Å². The Balaban J connectivity index is 1.65. The Morgan fingerprint density at radius 2 is 1.85 bits per heavy atom. The minimum absolute atomic E-state index is 0.169. The Bertz CT molecular complexity index is 1230. The standard InChI is InChI=1S/C26H31N5O3/c1-15-7-3-6-10-20(15)26(34)29-21(14-32)19-12-11-17(13-16(19)2)23-22(25(28)33)24(27)31(30-23)18-8-4-5-9-18/h3,6-7,10-13,18,21,32H,4-5,8-9,14,27H2,1-2H3,(H2,28,33)(H,29,34). The fraction of sp³-hybridized carbons (Fsp3) is 0.346. The predicted molar refractivity (Wildman–Crippen MR) is 131 cm³/mol. The van der Waals surface area contributed by atoms with E-state index < -0.39 is 11.9 Å². The van der Waals surface area contributed by atoms with Crippen LogP contribution in [0.4, 0.5) is 5.82 Å². The lowest BCUT2D eigenvalue weighted by molar-refractivity contribution is 0.0914. The maximum atomic E-state index is 12.8. The summed E-state index contributed by atoms with van der Waals surface area (Å²) in [5.74, 6) is -0.563. The average molecular weight is 462 g/mol. The number of hydrogen-bond acceptors (Lipinski definition) is 5. The molecule has 6 N–H and O–H groups in total. The Morgan fingerprint density at radius 1 is 1.15 bits per heavy atom. The van der Waals surface area contributed by atoms with Gasteiger partial charge in [-0.25, -0.2) is 4.68 Å². The topological polar surface area (TPSA) is 136 Å². The number of hydrogen-bond donors (Lipinski definition) is 4. The van der Waals surface area contributed by atoms with Crippen molar-refractivity contribution in [1.82, 2.24) is 15.1 Å². The molecule has 8 heteroatoms. The number of benzene rings is 2. The highest BCUT2D eigenvalue weighted by atomic mass is 16.3. The molecule has 8 nitrogen and oxygen atoms in total. The summed E-state index contributed by atoms with van der Waals surface area (Å²) < 4.78 is 1.74. The molecule has 0 aliphatic heterocycles. The molecule has 0 saturated heterocycles. The van der Waals surface area contributed by atoms with Gasteiger partial charge in [-0.05, 0) is 55.5 Å². The van der Waals surface area contributed by atoms with Gasteiger partial charge in [0, 0.05) is 11.1 Å². The van der Waals surface area contributed by atoms with E-state index in [0.29, 0.717) is 22.6 Å². The number of aliphatic hydroxyl groups excluding tert-OH is 1. The molecule has 1 aromatic heterocycles. The van der Waals surface area contributed by atoms with Gasteiger partial charge in [0.1, 0.15) is 17.1 Å². The van der Waals surface area contributed by atoms with E-state index in [2.05, 4.69) is 10.4 Å². The van der Waals surface area contributed by atoms with Gasteiger partial charge in [0.15, 0.2) is 0 Å². The molecule has 178 valence electrons. The SMILES string of the molecule is Cc1ccccc1C(=O)NC(CO)c1ccc(-c2nn(C3CCCC3)c(N)c2C(N)=O)cc1C. The van der Waals surface area contributed by atoms with Gasteiger partial charge in [-0.15, -0.1) is 0 Å². The van der Waals surface area contributed by atoms with Gasteiger partial charge in [-0.1, -0.05) is 43.2 Å². The summed E-state index contributed by atoms with van der Waals surface area (Å²) in [7, 11) is 0. The Morgan fingerprint density at radius 3 is 2.47 bits per heavy atom. The number of primary amides is 1. The number of carbonyl (C=O) groups excluding carboxylic acids is 2. The van der Waals surface area contributed by atoms with E-state index in [1.54, 1.807) is 10.7 Å². The highest BCUT2D eigenvalue weighted by molar-refractivity contribution is 6.03. The minimum atomic E-state index is -0.614. The zero-order valence-corrected chi connectivity index (χ0v) is 19.5. The summed E-state index contributed by atoms with van der Waals surface area (Å²) in [6, 6.07) is 12.4. The lowest BCUT2D eigenvalue weighted by atomic mass is 9.96. The number of anilines is 1. The van der Waals surface area contributed by atoms with Crippen molar-refractivity contribution >= 4 is 17.6 Å². The zero-order chi connectivity index (χ0) is 24.4. The lowest BCUT2D eigenvalue weighted by Gasteiger charge is -2.20. The van der Waals surface area contributed by atoms with E-state index in [9.17, 15) is 14.7 Å². The van der Waals surface area contributed by atoms with Crippen molar-refractivity contribution in [1.29, 1.82) is 0 Å². The maximum absolute atomic E-state index is 12.8. The molecule has 0 spiro atoms. The van der Waals surface area contributed by atoms with E-state index in [4.69, 9.17) is 11.5 Å². The molecule has 1 unspecified atom stereocenters. The van der Waals surface area contributed by atoms with Crippen LogP contribution in [0.25, 0.3) is 11.3 Å². The molecule has 1 fully saturated rings. The normalized spacial score (nSPS) is 14.8. The number of aryl methyl sites for hydroxylation is 2. The van der Waals surface area contributed by atoms with Crippen LogP contribution in [-0.2, 0) is 0 Å². The molecular formula is C26H31N5O3. The molecule has 0 bridgehead atoms. The summed E-state index contributed by atoms with van der Waals surface area (Å²) in [6.07, 6.45) is 4.16. The van der Waals surface area contributed by atoms with Crippen molar-refractivity contribution in [3.8, 4) is 11.3 Å². The fourth-order valence-electron chi connectivity index (χ4n) is 4.82. The van der Waals surface area contributed by atoms with Gasteiger partial charge in [0.05, 0.1) is 18.7 Å². The molecule has 4 rings (SSSR count). The van der Waals surface area contributed by atoms with E-state index in [1.165, 1.54) is 0 Å². The molecule has 34 heavy (non-hydrogen) atoms. The van der Waals surface area contributed by atoms with Crippen molar-refractivity contribution in [2.45, 2.75) is 51.6 Å². The molecular weight excluding hydrogens is 430 g/mol. The van der Waals surface area contributed by atoms with Gasteiger partial charge < -0.3 is 21.9 Å². The Hall–Kier alpha value is -3.65. The van der Waals surface area contributed by atoms with Gasteiger partial charge >= 0.3 is 0 Å². The monoisotopic (exact) mass is 461 g/mol. The first kappa shape index (κ1) is 23.5. The molecule has 1 saturated carbocycles. The van der Waals surface area contributed by atoms with Crippen LogP contribution in [0, 0.1) is 13.8 Å². The zero-order valence-electron chi connectivity index (χ0n) is 19.5. The van der Waals surface area contributed by atoms with E-state index >= 15 is 0 Å². The maximum Gasteiger partial charge on any atom is 0.254 e. The number of amides is 2. The summed E-state index contributed by atoms with van der Waals surface area (Å²) >= 11 is 0. The summed E-state index contributed by atoms with van der Waals surface area (Å²) in [5.41, 5.74) is 16.4. The third-order valence-electron chi connectivity index (χ3n) is 6.66. The highest BCUT2D eigenvalue weighted by Gasteiger charge is 2.27. The van der Waals surface area contributed by atoms with Crippen LogP contribution in [-0.4, -0.2) is 33.3 Å². The van der Waals surface area contributed by atoms with Crippen molar-refractivity contribution in [2.75, 3.05) is 12.3 Å². The second kappa shape index (κ2) is 9.69. The van der Waals surface area contributed by atoms with Crippen LogP contribution < -0.4 is 16.8 Å². The van der Waals surface area contributed by atoms with Crippen LogP contribution in [0.1, 0.15) is 75.2 Å². The Kier molecular flexibility index (Phi) is 6.70. The number of nitrogens with zero attached hydrogens (tertiary/aromatic N) is 2. The molecule has 1 aliphatic rings. The van der Waals surface area contributed by atoms with E-state index in [0.717, 1.165) is 42.4 Å². The first-order valence-electron chi connectivity index (χ1n) is 11.6. The van der Waals surface area contributed by atoms with Crippen LogP contribution in [0.5, 0.6) is 0 Å². The van der Waals surface area contributed by atoms with Gasteiger partial charge in [0.2, 0.25) is 0 Å². The third-order valence-corrected chi connectivity index (χ3v) is 6.66. The van der Waals surface area contributed by atoms with Crippen LogP contribution in [0.3, 0.4) is 0 Å². The minimum Gasteiger partial charge on any atom is -0.394 e. The number of aromatic nitrogens is 2. The number of nitrogens with one attached hydrogen (secondary N) is 1. The van der Waals surface area contributed by atoms with Gasteiger partial charge in [-0.2, -0.15) is 5.10 Å². The van der Waals surface area contributed by atoms with Crippen molar-refractivity contribution in [3.05, 3.63) is 70.3 Å². The molecule has 0 radical (unpaired) electrons. The van der Waals surface area contributed by atoms with Crippen LogP contribution >= 0.6 is 0 Å². The van der Waals surface area contributed by atoms with Crippen molar-refractivity contribution < 1.29 is 14.7 Å². The lowest BCUT2D eigenvalue weighted by Crippen LogP contribution is -2.31. The first-order valence-corrected chi connectivity index (χ1v) is 11.6. The number of aliphatic hydroxyl groups is 1. The largest absolute Gasteiger partial charge is 0.394 e. The molecule has 2 amide bonds. The smallest absolute Gasteiger partial charge is 0.254 e. The average Bonchev–Trinajstić information content (AvgIpc) is 3.45. The number of nitrogens with two attached hydrogens (primary N) is 2. The van der Waals surface area contributed by atoms with E-state index in [1.807, 2.05) is 50.2 Å². The van der Waals surface area contributed by atoms with Crippen molar-refractivity contribution in [2.24, 2.45) is 5.73 Å². The van der Waals surface area contributed by atoms with Gasteiger partial charge in [-0.3, -0.25) is 9.59 Å². The second-order valence-electron chi connectivity index (χ2n) is 8.95. The number of nitrogen functional groups attached to an aromatic ring is 1. The third kappa shape index (κ3) is 4.41. The van der Waals surface area contributed by atoms with Crippen LogP contribution in [0.15, 0.2) is 42.5 Å². The summed E-state index contributed by atoms with van der Waals surface area (Å²) in [6.45, 7) is 3.51. The summed E-state index contributed by atoms with van der Waals surface area (Å²) in [5, 5.41) is 17.6. The molecule has 2 aromatic carbocycles. The summed E-state index contributed by atoms with van der Waals surface area (Å²) in [4.78, 5) is 25.0. The van der Waals surface area contributed by atoms with Crippen LogP contribution in [0.2, 0.25) is 0 Å². The quantitative estimate of drug-likeness (QED) is 0.427. The first-order chi connectivity index (χ1) is 16.3. The number of rotatable bonds is 7. The van der Waals surface area contributed by atoms with Gasteiger partial charge in [0.25, 0.3) is 11.8 Å². The molecule has 1 heterocycles.